The predicted octanol–water partition coefficient (Wildman–Crippen LogP) is 6.76. The lowest BCUT2D eigenvalue weighted by atomic mass is 9.48. The fourth-order valence-electron chi connectivity index (χ4n) is 7.83. The highest BCUT2D eigenvalue weighted by Crippen LogP contribution is 2.59. The molecule has 224 valence electrons. The number of hydrogen-bond acceptors (Lipinski definition) is 9. The lowest BCUT2D eigenvalue weighted by Gasteiger charge is -2.63. The van der Waals surface area contributed by atoms with Crippen LogP contribution >= 0.6 is 0 Å². The molecule has 0 unspecified atom stereocenters. The summed E-state index contributed by atoms with van der Waals surface area (Å²) in [5, 5.41) is 42.1. The van der Waals surface area contributed by atoms with Crippen molar-refractivity contribution in [1.29, 1.82) is 0 Å². The van der Waals surface area contributed by atoms with Crippen LogP contribution in [0.4, 0.5) is 11.4 Å². The van der Waals surface area contributed by atoms with Crippen molar-refractivity contribution in [3.05, 3.63) is 116 Å². The Balaban J connectivity index is 1.19. The maximum atomic E-state index is 11.0. The zero-order valence-corrected chi connectivity index (χ0v) is 23.5. The van der Waals surface area contributed by atoms with E-state index < -0.39 is 21.3 Å². The smallest absolute Gasteiger partial charge is 0.310 e. The van der Waals surface area contributed by atoms with Crippen molar-refractivity contribution in [1.82, 2.24) is 4.90 Å². The van der Waals surface area contributed by atoms with Gasteiger partial charge in [0.25, 0.3) is 0 Å². The average Bonchev–Trinajstić information content (AvgIpc) is 2.98. The molecule has 0 spiro atoms. The van der Waals surface area contributed by atoms with Gasteiger partial charge in [-0.2, -0.15) is 0 Å². The Morgan fingerprint density at radius 3 is 1.41 bits per heavy atom. The molecule has 4 aromatic carbocycles. The molecule has 0 aromatic heterocycles. The highest BCUT2D eigenvalue weighted by atomic mass is 16.6. The molecule has 1 aliphatic carbocycles. The molecular formula is C33H29N3O8. The van der Waals surface area contributed by atoms with Gasteiger partial charge in [0, 0.05) is 49.3 Å². The van der Waals surface area contributed by atoms with E-state index in [9.17, 15) is 30.4 Å². The SMILES string of the molecule is O=[N+]([O-])c1ccc(Oc2ccc(C3(c4ccc(Oc5ccc([N+](=O)[O-])c(O)c5)cc4)[C@@H]4C[C@@H]5C[C@H]3C[N@@](C5)C4)cc2)cc1O. The molecule has 8 rings (SSSR count). The number of nitrogens with zero attached hydrogens (tertiary/aromatic N) is 3. The standard InChI is InChI=1S/C33H29N3O8/c37-31-15-27(9-11-29(31)35(39)40)43-25-5-1-21(2-6-25)33(23-13-20-14-24(33)19-34(17-20)18-23)22-3-7-26(8-4-22)44-28-10-12-30(36(41)42)32(38)16-28/h1-12,15-16,20,23-24,37-38H,13-14,17-19H2/t20-,23-,24+. The molecule has 11 nitrogen and oxygen atoms in total. The fourth-order valence-corrected chi connectivity index (χ4v) is 7.83. The Kier molecular flexibility index (Phi) is 6.62. The van der Waals surface area contributed by atoms with Gasteiger partial charge in [-0.1, -0.05) is 24.3 Å². The minimum Gasteiger partial charge on any atom is -0.502 e. The van der Waals surface area contributed by atoms with Crippen molar-refractivity contribution in [2.24, 2.45) is 17.8 Å². The number of nitro groups is 2. The summed E-state index contributed by atoms with van der Waals surface area (Å²) in [5.74, 6) is 2.34. The first kappa shape index (κ1) is 27.7. The van der Waals surface area contributed by atoms with E-state index in [-0.39, 0.29) is 16.8 Å². The molecule has 4 bridgehead atoms. The van der Waals surface area contributed by atoms with Gasteiger partial charge in [0.05, 0.1) is 9.85 Å². The molecule has 44 heavy (non-hydrogen) atoms. The molecule has 3 heterocycles. The maximum absolute atomic E-state index is 11.0. The van der Waals surface area contributed by atoms with Gasteiger partial charge in [0.2, 0.25) is 0 Å². The highest BCUT2D eigenvalue weighted by molar-refractivity contribution is 5.53. The van der Waals surface area contributed by atoms with Gasteiger partial charge in [-0.3, -0.25) is 20.2 Å². The highest BCUT2D eigenvalue weighted by Gasteiger charge is 2.58. The topological polar surface area (TPSA) is 148 Å². The lowest BCUT2D eigenvalue weighted by molar-refractivity contribution is -0.386. The molecule has 4 aromatic rings. The van der Waals surface area contributed by atoms with Crippen LogP contribution in [0, 0.1) is 38.0 Å². The van der Waals surface area contributed by atoms with Gasteiger partial charge in [-0.15, -0.1) is 0 Å². The van der Waals surface area contributed by atoms with Crippen LogP contribution in [-0.2, 0) is 5.41 Å². The Morgan fingerprint density at radius 1 is 0.636 bits per heavy atom. The van der Waals surface area contributed by atoms with E-state index in [0.717, 1.165) is 32.5 Å². The third-order valence-corrected chi connectivity index (χ3v) is 9.42. The van der Waals surface area contributed by atoms with Crippen LogP contribution in [0.1, 0.15) is 24.0 Å². The number of phenols is 2. The number of hydrogen-bond donors (Lipinski definition) is 2. The number of aromatic hydroxyl groups is 2. The van der Waals surface area contributed by atoms with Crippen LogP contribution in [-0.4, -0.2) is 44.6 Å². The monoisotopic (exact) mass is 595 g/mol. The molecule has 11 heteroatoms. The van der Waals surface area contributed by atoms with Gasteiger partial charge < -0.3 is 24.6 Å². The Hall–Kier alpha value is -5.16. The molecule has 3 saturated heterocycles. The van der Waals surface area contributed by atoms with Crippen molar-refractivity contribution in [2.45, 2.75) is 18.3 Å². The maximum Gasteiger partial charge on any atom is 0.310 e. The Morgan fingerprint density at radius 2 is 1.05 bits per heavy atom. The summed E-state index contributed by atoms with van der Waals surface area (Å²) in [7, 11) is 0. The van der Waals surface area contributed by atoms with E-state index in [1.165, 1.54) is 47.5 Å². The summed E-state index contributed by atoms with van der Waals surface area (Å²) in [6, 6.07) is 23.8. The van der Waals surface area contributed by atoms with Crippen molar-refractivity contribution in [2.75, 3.05) is 19.6 Å². The first-order valence-corrected chi connectivity index (χ1v) is 14.4. The summed E-state index contributed by atoms with van der Waals surface area (Å²) in [6.07, 6.45) is 2.29. The first-order valence-electron chi connectivity index (χ1n) is 14.4. The quantitative estimate of drug-likeness (QED) is 0.166. The minimum atomic E-state index is -0.645. The van der Waals surface area contributed by atoms with E-state index >= 15 is 0 Å². The number of ether oxygens (including phenoxy) is 2. The second-order valence-electron chi connectivity index (χ2n) is 11.9. The Bertz CT molecular complexity index is 1620. The summed E-state index contributed by atoms with van der Waals surface area (Å²) in [6.45, 7) is 3.20. The van der Waals surface area contributed by atoms with Crippen molar-refractivity contribution in [3.63, 3.8) is 0 Å². The number of piperidine rings is 3. The average molecular weight is 596 g/mol. The van der Waals surface area contributed by atoms with Crippen molar-refractivity contribution < 1.29 is 29.5 Å². The predicted molar refractivity (Wildman–Crippen MR) is 159 cm³/mol. The van der Waals surface area contributed by atoms with E-state index in [1.54, 1.807) is 0 Å². The zero-order chi connectivity index (χ0) is 30.6. The molecule has 0 radical (unpaired) electrons. The lowest BCUT2D eigenvalue weighted by Crippen LogP contribution is -2.65. The molecule has 1 saturated carbocycles. The molecule has 0 amide bonds. The third kappa shape index (κ3) is 4.65. The molecule has 4 atom stereocenters. The summed E-state index contributed by atoms with van der Waals surface area (Å²) in [5.41, 5.74) is 1.41. The summed E-state index contributed by atoms with van der Waals surface area (Å²) < 4.78 is 11.9. The second kappa shape index (κ2) is 10.5. The summed E-state index contributed by atoms with van der Waals surface area (Å²) >= 11 is 0. The van der Waals surface area contributed by atoms with Crippen LogP contribution < -0.4 is 9.47 Å². The van der Waals surface area contributed by atoms with Crippen LogP contribution in [0.15, 0.2) is 84.9 Å². The molecular weight excluding hydrogens is 566 g/mol. The molecule has 4 aliphatic rings. The van der Waals surface area contributed by atoms with E-state index in [2.05, 4.69) is 29.2 Å². The third-order valence-electron chi connectivity index (χ3n) is 9.42. The summed E-state index contributed by atoms with van der Waals surface area (Å²) in [4.78, 5) is 23.4. The molecule has 2 N–H and O–H groups in total. The minimum absolute atomic E-state index is 0.221. The number of rotatable bonds is 8. The van der Waals surface area contributed by atoms with Gasteiger partial charge >= 0.3 is 11.4 Å². The normalized spacial score (nSPS) is 22.8. The molecule has 3 aliphatic heterocycles. The van der Waals surface area contributed by atoms with Crippen molar-refractivity contribution in [3.8, 4) is 34.5 Å². The van der Waals surface area contributed by atoms with Crippen LogP contribution in [0.2, 0.25) is 0 Å². The zero-order valence-electron chi connectivity index (χ0n) is 23.5. The van der Waals surface area contributed by atoms with Gasteiger partial charge in [0.15, 0.2) is 11.5 Å². The second-order valence-corrected chi connectivity index (χ2v) is 11.9. The van der Waals surface area contributed by atoms with Gasteiger partial charge in [0.1, 0.15) is 23.0 Å². The Labute approximate surface area is 252 Å². The molecule has 4 fully saturated rings. The van der Waals surface area contributed by atoms with Gasteiger partial charge in [-0.25, -0.2) is 0 Å². The van der Waals surface area contributed by atoms with E-state index in [4.69, 9.17) is 9.47 Å². The van der Waals surface area contributed by atoms with Crippen LogP contribution in [0.25, 0.3) is 0 Å². The van der Waals surface area contributed by atoms with E-state index in [1.807, 2.05) is 24.3 Å². The first-order chi connectivity index (χ1) is 21.2. The largest absolute Gasteiger partial charge is 0.502 e. The number of benzene rings is 4. The van der Waals surface area contributed by atoms with Crippen molar-refractivity contribution >= 4 is 11.4 Å². The van der Waals surface area contributed by atoms with Crippen LogP contribution in [0.5, 0.6) is 34.5 Å². The van der Waals surface area contributed by atoms with Crippen LogP contribution in [0.3, 0.4) is 0 Å². The number of phenolic OH excluding ortho intramolecular Hbond substituents is 2. The van der Waals surface area contributed by atoms with Gasteiger partial charge in [-0.05, 0) is 78.1 Å². The number of nitro benzene ring substituents is 2. The fraction of sp³-hybridized carbons (Fsp3) is 0.273. The van der Waals surface area contributed by atoms with E-state index in [0.29, 0.717) is 40.8 Å².